The van der Waals surface area contributed by atoms with E-state index in [1.165, 1.54) is 0 Å². The van der Waals surface area contributed by atoms with E-state index in [9.17, 15) is 10.1 Å². The number of nitrogens with zero attached hydrogens (tertiary/aromatic N) is 1. The number of nitriles is 1. The fraction of sp³-hybridized carbons (Fsp3) is 0.304. The maximum Gasteiger partial charge on any atom is 0.261 e. The average molecular weight is 473 g/mol. The molecule has 158 valence electrons. The van der Waals surface area contributed by atoms with E-state index in [2.05, 4.69) is 21.2 Å². The summed E-state index contributed by atoms with van der Waals surface area (Å²) in [5, 5.41) is 12.3. The molecule has 2 aromatic rings. The number of benzene rings is 2. The normalized spacial score (nSPS) is 10.8. The van der Waals surface area contributed by atoms with E-state index in [0.717, 1.165) is 16.5 Å². The molecule has 30 heavy (non-hydrogen) atoms. The highest BCUT2D eigenvalue weighted by Crippen LogP contribution is 2.28. The van der Waals surface area contributed by atoms with Crippen LogP contribution in [0.4, 0.5) is 0 Å². The van der Waals surface area contributed by atoms with Crippen LogP contribution >= 0.6 is 15.9 Å². The summed E-state index contributed by atoms with van der Waals surface area (Å²) in [6.07, 6.45) is 3.00. The highest BCUT2D eigenvalue weighted by Gasteiger charge is 2.12. The molecule has 0 spiro atoms. The molecular weight excluding hydrogens is 448 g/mol. The van der Waals surface area contributed by atoms with Gasteiger partial charge in [-0.1, -0.05) is 28.9 Å². The Balaban J connectivity index is 2.07. The van der Waals surface area contributed by atoms with Crippen molar-refractivity contribution in [2.24, 2.45) is 0 Å². The van der Waals surface area contributed by atoms with Gasteiger partial charge in [0.05, 0.1) is 20.8 Å². The Kier molecular flexibility index (Phi) is 9.23. The minimum Gasteiger partial charge on any atom is -0.493 e. The Morgan fingerprint density at radius 1 is 1.13 bits per heavy atom. The molecule has 2 aromatic carbocycles. The summed E-state index contributed by atoms with van der Waals surface area (Å²) in [6.45, 7) is 2.95. The molecule has 0 saturated heterocycles. The van der Waals surface area contributed by atoms with Gasteiger partial charge in [-0.3, -0.25) is 4.79 Å². The first-order valence-corrected chi connectivity index (χ1v) is 10.3. The molecule has 1 N–H and O–H groups in total. The molecule has 0 aliphatic carbocycles. The lowest BCUT2D eigenvalue weighted by Gasteiger charge is -2.11. The van der Waals surface area contributed by atoms with E-state index >= 15 is 0 Å². The van der Waals surface area contributed by atoms with Gasteiger partial charge in [-0.2, -0.15) is 5.26 Å². The first-order chi connectivity index (χ1) is 14.5. The zero-order chi connectivity index (χ0) is 21.9. The Morgan fingerprint density at radius 2 is 1.87 bits per heavy atom. The van der Waals surface area contributed by atoms with Gasteiger partial charge in [0.2, 0.25) is 0 Å². The molecule has 0 saturated carbocycles. The van der Waals surface area contributed by atoms with Crippen molar-refractivity contribution in [3.63, 3.8) is 0 Å². The van der Waals surface area contributed by atoms with Crippen LogP contribution in [0.5, 0.6) is 17.2 Å². The van der Waals surface area contributed by atoms with Crippen molar-refractivity contribution < 1.29 is 19.0 Å². The number of hydrogen-bond donors (Lipinski definition) is 1. The quantitative estimate of drug-likeness (QED) is 0.406. The monoisotopic (exact) mass is 472 g/mol. The zero-order valence-corrected chi connectivity index (χ0v) is 18.9. The number of amides is 1. The van der Waals surface area contributed by atoms with Gasteiger partial charge in [-0.25, -0.2) is 0 Å². The van der Waals surface area contributed by atoms with Crippen molar-refractivity contribution in [3.05, 3.63) is 57.6 Å². The topological polar surface area (TPSA) is 80.6 Å². The predicted octanol–water partition coefficient (Wildman–Crippen LogP) is 4.52. The maximum atomic E-state index is 12.5. The van der Waals surface area contributed by atoms with E-state index in [-0.39, 0.29) is 5.57 Å². The summed E-state index contributed by atoms with van der Waals surface area (Å²) in [5.41, 5.74) is 1.67. The second-order valence-electron chi connectivity index (χ2n) is 6.40. The molecule has 0 fully saturated rings. The molecule has 0 aliphatic rings. The standard InChI is InChI=1S/C23H25BrN2O4/c1-4-11-30-20-8-6-19(24)14-17(20)13-18(15-25)23(27)26-10-9-16-5-7-21(28-2)22(12-16)29-3/h5-8,12-14H,4,9-11H2,1-3H3,(H,26,27)/b18-13+. The van der Waals surface area contributed by atoms with E-state index in [0.29, 0.717) is 42.4 Å². The van der Waals surface area contributed by atoms with Gasteiger partial charge in [0, 0.05) is 16.6 Å². The van der Waals surface area contributed by atoms with Crippen LogP contribution in [0.2, 0.25) is 0 Å². The molecule has 7 heteroatoms. The van der Waals surface area contributed by atoms with Crippen LogP contribution in [-0.2, 0) is 11.2 Å². The summed E-state index contributed by atoms with van der Waals surface area (Å²) in [6, 6.07) is 13.1. The van der Waals surface area contributed by atoms with Crippen LogP contribution in [0.15, 0.2) is 46.4 Å². The second kappa shape index (κ2) is 11.9. The molecule has 0 heterocycles. The second-order valence-corrected chi connectivity index (χ2v) is 7.31. The average Bonchev–Trinajstić information content (AvgIpc) is 2.76. The molecule has 0 unspecified atom stereocenters. The summed E-state index contributed by atoms with van der Waals surface area (Å²) >= 11 is 3.42. The maximum absolute atomic E-state index is 12.5. The predicted molar refractivity (Wildman–Crippen MR) is 120 cm³/mol. The van der Waals surface area contributed by atoms with Crippen LogP contribution < -0.4 is 19.5 Å². The third kappa shape index (κ3) is 6.53. The van der Waals surface area contributed by atoms with Gasteiger partial charge < -0.3 is 19.5 Å². The third-order valence-electron chi connectivity index (χ3n) is 4.25. The number of methoxy groups -OCH3 is 2. The van der Waals surface area contributed by atoms with Crippen molar-refractivity contribution in [2.45, 2.75) is 19.8 Å². The van der Waals surface area contributed by atoms with Crippen LogP contribution in [0.1, 0.15) is 24.5 Å². The first-order valence-electron chi connectivity index (χ1n) is 9.55. The molecule has 0 atom stereocenters. The Morgan fingerprint density at radius 3 is 2.53 bits per heavy atom. The number of nitrogens with one attached hydrogen (secondary N) is 1. The van der Waals surface area contributed by atoms with Gasteiger partial charge >= 0.3 is 0 Å². The van der Waals surface area contributed by atoms with Gasteiger partial charge in [-0.05, 0) is 54.8 Å². The van der Waals surface area contributed by atoms with Gasteiger partial charge in [0.1, 0.15) is 17.4 Å². The highest BCUT2D eigenvalue weighted by molar-refractivity contribution is 9.10. The molecule has 0 radical (unpaired) electrons. The summed E-state index contributed by atoms with van der Waals surface area (Å²) in [4.78, 5) is 12.5. The van der Waals surface area contributed by atoms with Crippen molar-refractivity contribution in [1.82, 2.24) is 5.32 Å². The first kappa shape index (κ1) is 23.3. The summed E-state index contributed by atoms with van der Waals surface area (Å²) in [5.74, 6) is 1.48. The van der Waals surface area contributed by atoms with E-state index < -0.39 is 5.91 Å². The summed E-state index contributed by atoms with van der Waals surface area (Å²) in [7, 11) is 3.16. The SMILES string of the molecule is CCCOc1ccc(Br)cc1/C=C(\C#N)C(=O)NCCc1ccc(OC)c(OC)c1. The largest absolute Gasteiger partial charge is 0.493 e. The van der Waals surface area contributed by atoms with E-state index in [1.54, 1.807) is 20.3 Å². The van der Waals surface area contributed by atoms with Crippen molar-refractivity contribution in [1.29, 1.82) is 5.26 Å². The van der Waals surface area contributed by atoms with Crippen molar-refractivity contribution >= 4 is 27.9 Å². The molecule has 1 amide bonds. The number of ether oxygens (including phenoxy) is 3. The summed E-state index contributed by atoms with van der Waals surface area (Å²) < 4.78 is 17.1. The van der Waals surface area contributed by atoms with Crippen molar-refractivity contribution in [2.75, 3.05) is 27.4 Å². The number of hydrogen-bond acceptors (Lipinski definition) is 5. The Hall–Kier alpha value is -2.98. The van der Waals surface area contributed by atoms with Crippen LogP contribution in [0.3, 0.4) is 0 Å². The van der Waals surface area contributed by atoms with Crippen LogP contribution in [0, 0.1) is 11.3 Å². The lowest BCUT2D eigenvalue weighted by molar-refractivity contribution is -0.117. The Bertz CT molecular complexity index is 951. The minimum absolute atomic E-state index is 0.0155. The lowest BCUT2D eigenvalue weighted by Crippen LogP contribution is -2.26. The van der Waals surface area contributed by atoms with Gasteiger partial charge in [0.15, 0.2) is 11.5 Å². The van der Waals surface area contributed by atoms with E-state index in [4.69, 9.17) is 14.2 Å². The highest BCUT2D eigenvalue weighted by atomic mass is 79.9. The fourth-order valence-electron chi connectivity index (χ4n) is 2.73. The smallest absolute Gasteiger partial charge is 0.261 e. The Labute approximate surface area is 185 Å². The minimum atomic E-state index is -0.431. The third-order valence-corrected chi connectivity index (χ3v) is 4.74. The number of carbonyl (C=O) groups excluding carboxylic acids is 1. The molecule has 0 aromatic heterocycles. The number of carbonyl (C=O) groups is 1. The molecule has 2 rings (SSSR count). The van der Waals surface area contributed by atoms with Crippen molar-refractivity contribution in [3.8, 4) is 23.3 Å². The van der Waals surface area contributed by atoms with Gasteiger partial charge in [0.25, 0.3) is 5.91 Å². The van der Waals surface area contributed by atoms with Crippen LogP contribution in [0.25, 0.3) is 6.08 Å². The number of rotatable bonds is 10. The molecule has 0 bridgehead atoms. The van der Waals surface area contributed by atoms with E-state index in [1.807, 2.05) is 49.4 Å². The lowest BCUT2D eigenvalue weighted by atomic mass is 10.1. The van der Waals surface area contributed by atoms with Gasteiger partial charge in [-0.15, -0.1) is 0 Å². The molecular formula is C23H25BrN2O4. The number of halogens is 1. The van der Waals surface area contributed by atoms with Crippen LogP contribution in [-0.4, -0.2) is 33.3 Å². The fourth-order valence-corrected chi connectivity index (χ4v) is 3.11. The molecule has 6 nitrogen and oxygen atoms in total. The molecule has 0 aliphatic heterocycles. The zero-order valence-electron chi connectivity index (χ0n) is 17.3.